The minimum Gasteiger partial charge on any atom is -0.462 e. The van der Waals surface area contributed by atoms with Crippen LogP contribution in [-0.4, -0.2) is 28.4 Å². The Kier molecular flexibility index (Phi) is 4.29. The van der Waals surface area contributed by atoms with Crippen LogP contribution in [0.5, 0.6) is 0 Å². The van der Waals surface area contributed by atoms with Crippen LogP contribution >= 0.6 is 0 Å². The maximum Gasteiger partial charge on any atom is 0.324 e. The van der Waals surface area contributed by atoms with E-state index >= 15 is 0 Å². The number of rotatable bonds is 2. The Hall–Kier alpha value is -1.21. The Morgan fingerprint density at radius 1 is 1.54 bits per heavy atom. The van der Waals surface area contributed by atoms with Crippen LogP contribution < -0.4 is 0 Å². The molecule has 0 aromatic carbocycles. The topological polar surface area (TPSA) is 66.8 Å². The molecule has 0 aromatic rings. The van der Waals surface area contributed by atoms with Crippen LogP contribution in [0.15, 0.2) is 0 Å². The number of ether oxygens (including phenoxy) is 1. The maximum atomic E-state index is 11.2. The number of carbonyl (C=O) groups is 1. The molecule has 1 atom stereocenters. The van der Waals surface area contributed by atoms with Gasteiger partial charge >= 0.3 is 5.97 Å². The van der Waals surface area contributed by atoms with Crippen molar-refractivity contribution in [3.05, 3.63) is 0 Å². The summed E-state index contributed by atoms with van der Waals surface area (Å²) in [6.07, 6.45) is 1.57. The van der Waals surface area contributed by atoms with Crippen molar-refractivity contribution in [2.75, 3.05) is 6.61 Å². The molecule has 0 rings (SSSR count). The van der Waals surface area contributed by atoms with E-state index in [1.807, 2.05) is 0 Å². The second-order valence-corrected chi connectivity index (χ2v) is 3.52. The first-order valence-corrected chi connectivity index (χ1v) is 3.89. The third-order valence-electron chi connectivity index (χ3n) is 1.11. The first-order chi connectivity index (χ1) is 5.90. The average molecular weight is 186 g/mol. The van der Waals surface area contributed by atoms with Gasteiger partial charge in [0, 0.05) is 0 Å². The fourth-order valence-corrected chi connectivity index (χ4v) is 0.630. The Balaban J connectivity index is 4.29. The summed E-state index contributed by atoms with van der Waals surface area (Å²) >= 11 is 0. The minimum atomic E-state index is -0.968. The van der Waals surface area contributed by atoms with E-state index in [0.29, 0.717) is 0 Å². The summed E-state index contributed by atoms with van der Waals surface area (Å²) < 4.78 is 4.93. The van der Waals surface area contributed by atoms with Crippen LogP contribution in [0.1, 0.15) is 20.8 Å². The molecular weight excluding hydrogens is 172 g/mol. The van der Waals surface area contributed by atoms with E-state index in [4.69, 9.17) is 14.9 Å². The van der Waals surface area contributed by atoms with Gasteiger partial charge in [-0.3, -0.25) is 4.79 Å². The lowest BCUT2D eigenvalue weighted by Crippen LogP contribution is -2.29. The summed E-state index contributed by atoms with van der Waals surface area (Å²) in [6.45, 7) is 4.69. The first-order valence-electron chi connectivity index (χ1n) is 3.89. The second-order valence-electron chi connectivity index (χ2n) is 3.52. The van der Waals surface area contributed by atoms with Crippen molar-refractivity contribution < 1.29 is 19.7 Å². The van der Waals surface area contributed by atoms with Crippen molar-refractivity contribution in [2.24, 2.45) is 5.92 Å². The molecule has 74 valence electrons. The van der Waals surface area contributed by atoms with Crippen LogP contribution in [-0.2, 0) is 9.53 Å². The van der Waals surface area contributed by atoms with Gasteiger partial charge < -0.3 is 14.9 Å². The molecule has 13 heavy (non-hydrogen) atoms. The number of esters is 1. The van der Waals surface area contributed by atoms with E-state index in [0.717, 1.165) is 0 Å². The molecule has 0 saturated heterocycles. The largest absolute Gasteiger partial charge is 0.462 e. The van der Waals surface area contributed by atoms with E-state index in [1.165, 1.54) is 0 Å². The van der Waals surface area contributed by atoms with Crippen LogP contribution in [0, 0.1) is 17.9 Å². The summed E-state index contributed by atoms with van der Waals surface area (Å²) in [5.41, 5.74) is -0.609. The van der Waals surface area contributed by atoms with Gasteiger partial charge in [0.1, 0.15) is 17.6 Å². The zero-order valence-electron chi connectivity index (χ0n) is 8.00. The summed E-state index contributed by atoms with van der Waals surface area (Å²) in [6, 6.07) is 0. The van der Waals surface area contributed by atoms with Gasteiger partial charge in [-0.1, -0.05) is 0 Å². The summed E-state index contributed by atoms with van der Waals surface area (Å²) in [5.74, 6) is 0.539. The van der Waals surface area contributed by atoms with Crippen molar-refractivity contribution in [1.82, 2.24) is 0 Å². The number of aliphatic hydroxyl groups is 2. The van der Waals surface area contributed by atoms with Crippen molar-refractivity contribution in [3.63, 3.8) is 0 Å². The van der Waals surface area contributed by atoms with Gasteiger partial charge in [-0.25, -0.2) is 0 Å². The standard InChI is InChI=1S/C9H14O4/c1-9(2,3)13-8(12)7(6-11)4-5-10/h7,10-11H,6H2,1-3H3. The van der Waals surface area contributed by atoms with Crippen molar-refractivity contribution in [3.8, 4) is 12.0 Å². The van der Waals surface area contributed by atoms with Crippen molar-refractivity contribution in [1.29, 1.82) is 0 Å². The highest BCUT2D eigenvalue weighted by molar-refractivity contribution is 5.76. The molecule has 0 saturated carbocycles. The molecule has 4 nitrogen and oxygen atoms in total. The molecule has 4 heteroatoms. The zero-order valence-corrected chi connectivity index (χ0v) is 8.00. The monoisotopic (exact) mass is 186 g/mol. The highest BCUT2D eigenvalue weighted by Gasteiger charge is 2.23. The Morgan fingerprint density at radius 3 is 2.38 bits per heavy atom. The molecule has 0 aromatic heterocycles. The molecule has 0 aliphatic carbocycles. The SMILES string of the molecule is CC(C)(C)OC(=O)C(C#CO)CO. The van der Waals surface area contributed by atoms with Gasteiger partial charge in [0.05, 0.1) is 6.61 Å². The van der Waals surface area contributed by atoms with Crippen LogP contribution in [0.4, 0.5) is 0 Å². The van der Waals surface area contributed by atoms with Crippen molar-refractivity contribution in [2.45, 2.75) is 26.4 Å². The van der Waals surface area contributed by atoms with E-state index in [9.17, 15) is 4.79 Å². The first kappa shape index (κ1) is 11.8. The lowest BCUT2D eigenvalue weighted by Gasteiger charge is -2.20. The fraction of sp³-hybridized carbons (Fsp3) is 0.667. The Bertz CT molecular complexity index is 228. The van der Waals surface area contributed by atoms with Crippen LogP contribution in [0.3, 0.4) is 0 Å². The lowest BCUT2D eigenvalue weighted by molar-refractivity contribution is -0.158. The second kappa shape index (κ2) is 4.73. The third kappa shape index (κ3) is 5.10. The van der Waals surface area contributed by atoms with Gasteiger partial charge in [0.2, 0.25) is 0 Å². The molecule has 0 heterocycles. The Labute approximate surface area is 77.5 Å². The average Bonchev–Trinajstić information content (AvgIpc) is 1.96. The van der Waals surface area contributed by atoms with Crippen LogP contribution in [0.2, 0.25) is 0 Å². The van der Waals surface area contributed by atoms with E-state index in [1.54, 1.807) is 26.9 Å². The quantitative estimate of drug-likeness (QED) is 0.480. The smallest absolute Gasteiger partial charge is 0.324 e. The molecule has 0 amide bonds. The maximum absolute atomic E-state index is 11.2. The Morgan fingerprint density at radius 2 is 2.08 bits per heavy atom. The summed E-state index contributed by atoms with van der Waals surface area (Å²) in [5, 5.41) is 16.9. The van der Waals surface area contributed by atoms with Gasteiger partial charge in [-0.2, -0.15) is 0 Å². The molecule has 0 bridgehead atoms. The summed E-state index contributed by atoms with van der Waals surface area (Å²) in [4.78, 5) is 11.2. The van der Waals surface area contributed by atoms with Crippen LogP contribution in [0.25, 0.3) is 0 Å². The molecule has 0 radical (unpaired) electrons. The predicted molar refractivity (Wildman–Crippen MR) is 46.1 cm³/mol. The van der Waals surface area contributed by atoms with E-state index < -0.39 is 24.1 Å². The highest BCUT2D eigenvalue weighted by Crippen LogP contribution is 2.10. The molecule has 0 aliphatic heterocycles. The molecular formula is C9H14O4. The molecule has 0 fully saturated rings. The minimum absolute atomic E-state index is 0.456. The van der Waals surface area contributed by atoms with Gasteiger partial charge in [0.25, 0.3) is 0 Å². The van der Waals surface area contributed by atoms with Gasteiger partial charge in [-0.15, -0.1) is 0 Å². The molecule has 2 N–H and O–H groups in total. The third-order valence-corrected chi connectivity index (χ3v) is 1.11. The van der Waals surface area contributed by atoms with Gasteiger partial charge in [0.15, 0.2) is 0 Å². The van der Waals surface area contributed by atoms with E-state index in [2.05, 4.69) is 5.92 Å². The predicted octanol–water partition coefficient (Wildman–Crippen LogP) is 0.270. The lowest BCUT2D eigenvalue weighted by atomic mass is 10.1. The highest BCUT2D eigenvalue weighted by atomic mass is 16.6. The fourth-order valence-electron chi connectivity index (χ4n) is 0.630. The van der Waals surface area contributed by atoms with Crippen molar-refractivity contribution >= 4 is 5.97 Å². The molecule has 0 aliphatic rings. The normalized spacial score (nSPS) is 12.6. The number of hydrogen-bond donors (Lipinski definition) is 2. The number of aliphatic hydroxyl groups excluding tert-OH is 2. The zero-order chi connectivity index (χ0) is 10.5. The molecule has 0 spiro atoms. The summed E-state index contributed by atoms with van der Waals surface area (Å²) in [7, 11) is 0. The van der Waals surface area contributed by atoms with E-state index in [-0.39, 0.29) is 0 Å². The van der Waals surface area contributed by atoms with Gasteiger partial charge in [-0.05, 0) is 26.7 Å². The number of hydrogen-bond acceptors (Lipinski definition) is 4. The molecule has 1 unspecified atom stereocenters. The number of carbonyl (C=O) groups excluding carboxylic acids is 1.